The van der Waals surface area contributed by atoms with Gasteiger partial charge in [0.25, 0.3) is 21.1 Å². The van der Waals surface area contributed by atoms with Gasteiger partial charge in [0.1, 0.15) is 10.7 Å². The number of ether oxygens (including phenoxy) is 1. The molecule has 9 nitrogen and oxygen atoms in total. The van der Waals surface area contributed by atoms with E-state index in [-0.39, 0.29) is 21.1 Å². The van der Waals surface area contributed by atoms with Gasteiger partial charge in [0, 0.05) is 68.2 Å². The quantitative estimate of drug-likeness (QED) is 0.269. The van der Waals surface area contributed by atoms with Gasteiger partial charge in [-0.3, -0.25) is 14.5 Å². The lowest BCUT2D eigenvalue weighted by Gasteiger charge is -2.26. The van der Waals surface area contributed by atoms with Gasteiger partial charge in [0.2, 0.25) is 0 Å². The first-order valence-corrected chi connectivity index (χ1v) is 15.8. The van der Waals surface area contributed by atoms with Crippen molar-refractivity contribution in [1.82, 2.24) is 18.0 Å². The summed E-state index contributed by atoms with van der Waals surface area (Å²) >= 11 is 6.60. The maximum absolute atomic E-state index is 13.8. The highest BCUT2D eigenvalue weighted by Gasteiger charge is 2.27. The Labute approximate surface area is 254 Å². The predicted molar refractivity (Wildman–Crippen MR) is 168 cm³/mol. The van der Waals surface area contributed by atoms with Crippen LogP contribution in [0.15, 0.2) is 93.6 Å². The average Bonchev–Trinajstić information content (AvgIpc) is 3.37. The normalized spacial score (nSPS) is 14.4. The van der Waals surface area contributed by atoms with Crippen LogP contribution in [-0.4, -0.2) is 59.3 Å². The van der Waals surface area contributed by atoms with E-state index in [1.807, 2.05) is 43.5 Å². The Kier molecular flexibility index (Phi) is 7.87. The molecule has 0 N–H and O–H groups in total. The average molecular weight is 619 g/mol. The van der Waals surface area contributed by atoms with Gasteiger partial charge in [0.15, 0.2) is 0 Å². The molecule has 1 aliphatic rings. The molecule has 5 aromatic rings. The molecule has 0 atom stereocenters. The van der Waals surface area contributed by atoms with Crippen molar-refractivity contribution < 1.29 is 13.2 Å². The summed E-state index contributed by atoms with van der Waals surface area (Å²) in [4.78, 5) is 29.3. The number of morpholine rings is 1. The van der Waals surface area contributed by atoms with Gasteiger partial charge in [-0.25, -0.2) is 12.4 Å². The highest BCUT2D eigenvalue weighted by atomic mass is 35.5. The van der Waals surface area contributed by atoms with Crippen LogP contribution in [0.5, 0.6) is 0 Å². The summed E-state index contributed by atoms with van der Waals surface area (Å²) < 4.78 is 37.0. The molecular formula is C32H31ClN4O5S. The number of aryl methyl sites for hydroxylation is 2. The molecule has 4 heterocycles. The Morgan fingerprint density at radius 3 is 2.26 bits per heavy atom. The molecule has 11 heteroatoms. The fourth-order valence-corrected chi connectivity index (χ4v) is 7.37. The van der Waals surface area contributed by atoms with Gasteiger partial charge >= 0.3 is 0 Å². The lowest BCUT2D eigenvalue weighted by molar-refractivity contribution is 0.0363. The van der Waals surface area contributed by atoms with Crippen LogP contribution in [0, 0.1) is 6.92 Å². The molecule has 1 aliphatic heterocycles. The summed E-state index contributed by atoms with van der Waals surface area (Å²) in [7, 11) is -2.65. The zero-order valence-corrected chi connectivity index (χ0v) is 25.4. The number of aromatic nitrogens is 3. The van der Waals surface area contributed by atoms with Gasteiger partial charge in [-0.05, 0) is 36.2 Å². The lowest BCUT2D eigenvalue weighted by Crippen LogP contribution is -2.39. The second-order valence-corrected chi connectivity index (χ2v) is 12.9. The van der Waals surface area contributed by atoms with Crippen LogP contribution in [0.2, 0.25) is 5.15 Å². The van der Waals surface area contributed by atoms with Crippen LogP contribution in [0.1, 0.15) is 5.56 Å². The molecule has 1 saturated heterocycles. The van der Waals surface area contributed by atoms with Crippen LogP contribution in [0.4, 0.5) is 0 Å². The van der Waals surface area contributed by atoms with Crippen LogP contribution < -0.4 is 11.1 Å². The zero-order chi connectivity index (χ0) is 30.3. The number of nitrogens with zero attached hydrogens (tertiary/aromatic N) is 4. The third-order valence-electron chi connectivity index (χ3n) is 7.87. The molecule has 222 valence electrons. The number of hydrogen-bond acceptors (Lipinski definition) is 6. The van der Waals surface area contributed by atoms with E-state index < -0.39 is 15.6 Å². The van der Waals surface area contributed by atoms with E-state index in [0.717, 1.165) is 33.8 Å². The van der Waals surface area contributed by atoms with Crippen LogP contribution in [0.3, 0.4) is 0 Å². The number of hydrogen-bond donors (Lipinski definition) is 0. The van der Waals surface area contributed by atoms with Crippen molar-refractivity contribution in [3.8, 4) is 22.3 Å². The van der Waals surface area contributed by atoms with Gasteiger partial charge in [-0.2, -0.15) is 0 Å². The third kappa shape index (κ3) is 5.47. The second kappa shape index (κ2) is 11.6. The van der Waals surface area contributed by atoms with Gasteiger partial charge in [-0.15, -0.1) is 0 Å². The van der Waals surface area contributed by atoms with Crippen molar-refractivity contribution in [2.75, 3.05) is 32.8 Å². The molecule has 43 heavy (non-hydrogen) atoms. The maximum atomic E-state index is 13.8. The maximum Gasteiger partial charge on any atom is 0.275 e. The molecule has 0 bridgehead atoms. The Bertz CT molecular complexity index is 2040. The molecule has 0 saturated carbocycles. The Balaban J connectivity index is 1.55. The molecule has 2 aromatic carbocycles. The van der Waals surface area contributed by atoms with Crippen molar-refractivity contribution in [3.05, 3.63) is 111 Å². The summed E-state index contributed by atoms with van der Waals surface area (Å²) in [5, 5.41) is 0.215. The third-order valence-corrected chi connectivity index (χ3v) is 9.98. The Hall–Kier alpha value is -3.96. The van der Waals surface area contributed by atoms with Crippen LogP contribution in [0.25, 0.3) is 33.2 Å². The summed E-state index contributed by atoms with van der Waals surface area (Å²) in [5.74, 6) is 0. The number of fused-ring (bicyclic) bond motifs is 1. The SMILES string of the molecule is Cc1ccc(S(=O)(=O)n2c(Cl)cc3c(-c4cc(=O)n(CCN5CCOCC5)cc4-c4ccccc4)cn(C)c(=O)c32)cc1. The van der Waals surface area contributed by atoms with Crippen molar-refractivity contribution >= 4 is 32.5 Å². The molecular weight excluding hydrogens is 588 g/mol. The van der Waals surface area contributed by atoms with Crippen molar-refractivity contribution in [2.24, 2.45) is 7.05 Å². The highest BCUT2D eigenvalue weighted by Crippen LogP contribution is 2.37. The summed E-state index contributed by atoms with van der Waals surface area (Å²) in [6.07, 6.45) is 3.47. The smallest absolute Gasteiger partial charge is 0.275 e. The van der Waals surface area contributed by atoms with E-state index in [9.17, 15) is 18.0 Å². The highest BCUT2D eigenvalue weighted by molar-refractivity contribution is 7.90. The number of benzene rings is 2. The standard InChI is InChI=1S/C32H31ClN4O5S/c1-22-8-10-24(11-9-22)43(40,41)37-29(33)18-26-28(20-34(2)32(39)31(26)37)25-19-30(38)36(13-12-35-14-16-42-17-15-35)21-27(25)23-6-4-3-5-7-23/h3-11,18-21H,12-17H2,1-2H3. The Morgan fingerprint density at radius 2 is 1.56 bits per heavy atom. The van der Waals surface area contributed by atoms with E-state index in [0.29, 0.717) is 42.8 Å². The minimum Gasteiger partial charge on any atom is -0.379 e. The minimum atomic E-state index is -4.21. The second-order valence-electron chi connectivity index (χ2n) is 10.7. The first kappa shape index (κ1) is 29.1. The molecule has 1 fully saturated rings. The van der Waals surface area contributed by atoms with E-state index in [1.165, 1.54) is 22.8 Å². The van der Waals surface area contributed by atoms with E-state index in [4.69, 9.17) is 16.3 Å². The lowest BCUT2D eigenvalue weighted by atomic mass is 9.95. The first-order chi connectivity index (χ1) is 20.6. The number of rotatable bonds is 7. The monoisotopic (exact) mass is 618 g/mol. The van der Waals surface area contributed by atoms with Crippen molar-refractivity contribution in [3.63, 3.8) is 0 Å². The summed E-state index contributed by atoms with van der Waals surface area (Å²) in [5.41, 5.74) is 2.82. The van der Waals surface area contributed by atoms with Crippen molar-refractivity contribution in [2.45, 2.75) is 18.4 Å². The molecule has 0 unspecified atom stereocenters. The molecule has 0 amide bonds. The van der Waals surface area contributed by atoms with E-state index in [2.05, 4.69) is 4.90 Å². The van der Waals surface area contributed by atoms with E-state index in [1.54, 1.807) is 36.0 Å². The summed E-state index contributed by atoms with van der Waals surface area (Å²) in [6.45, 7) is 6.04. The van der Waals surface area contributed by atoms with Crippen LogP contribution >= 0.6 is 11.6 Å². The number of halogens is 1. The Morgan fingerprint density at radius 1 is 0.860 bits per heavy atom. The molecule has 6 rings (SSSR count). The first-order valence-electron chi connectivity index (χ1n) is 14.0. The minimum absolute atomic E-state index is 0.0118. The van der Waals surface area contributed by atoms with Gasteiger partial charge in [-0.1, -0.05) is 59.6 Å². The fraction of sp³-hybridized carbons (Fsp3) is 0.250. The molecule has 0 spiro atoms. The zero-order valence-electron chi connectivity index (χ0n) is 23.9. The summed E-state index contributed by atoms with van der Waals surface area (Å²) in [6, 6.07) is 19.1. The van der Waals surface area contributed by atoms with E-state index >= 15 is 0 Å². The molecule has 3 aromatic heterocycles. The van der Waals surface area contributed by atoms with Gasteiger partial charge in [0.05, 0.1) is 18.1 Å². The largest absolute Gasteiger partial charge is 0.379 e. The fourth-order valence-electron chi connectivity index (χ4n) is 5.52. The van der Waals surface area contributed by atoms with Gasteiger partial charge < -0.3 is 13.9 Å². The number of pyridine rings is 2. The molecule has 0 radical (unpaired) electrons. The van der Waals surface area contributed by atoms with Crippen LogP contribution in [-0.2, 0) is 28.4 Å². The predicted octanol–water partition coefficient (Wildman–Crippen LogP) is 4.37. The topological polar surface area (TPSA) is 95.5 Å². The molecule has 0 aliphatic carbocycles. The van der Waals surface area contributed by atoms with Crippen molar-refractivity contribution in [1.29, 1.82) is 0 Å².